The van der Waals surface area contributed by atoms with Gasteiger partial charge in [-0.05, 0) is 58.6 Å². The molecule has 0 aromatic heterocycles. The standard InChI is InChI=1S/C21H29NO5/c1-21(2,3)27-20(24)22-14-6-7-15(22)11-13(10-14)19(23)17-9-8-16(25-4)12-18(17)26-5/h8-9,12-15H,6-7,10-11H2,1-5H3. The molecule has 0 aliphatic carbocycles. The number of benzene rings is 1. The molecular formula is C21H29NO5. The summed E-state index contributed by atoms with van der Waals surface area (Å²) in [5.41, 5.74) is 0.0630. The number of nitrogens with zero attached hydrogens (tertiary/aromatic N) is 1. The molecule has 0 spiro atoms. The maximum Gasteiger partial charge on any atom is 0.410 e. The Hall–Kier alpha value is -2.24. The van der Waals surface area contributed by atoms with Crippen molar-refractivity contribution in [3.63, 3.8) is 0 Å². The molecule has 2 atom stereocenters. The summed E-state index contributed by atoms with van der Waals surface area (Å²) in [6.07, 6.45) is 2.93. The third-order valence-electron chi connectivity index (χ3n) is 5.38. The van der Waals surface area contributed by atoms with E-state index in [-0.39, 0.29) is 29.9 Å². The van der Waals surface area contributed by atoms with Crippen molar-refractivity contribution in [3.8, 4) is 11.5 Å². The number of carbonyl (C=O) groups excluding carboxylic acids is 2. The van der Waals surface area contributed by atoms with E-state index in [9.17, 15) is 9.59 Å². The quantitative estimate of drug-likeness (QED) is 0.743. The Morgan fingerprint density at radius 2 is 1.67 bits per heavy atom. The van der Waals surface area contributed by atoms with E-state index in [1.165, 1.54) is 0 Å². The Morgan fingerprint density at radius 1 is 1.04 bits per heavy atom. The molecule has 0 saturated carbocycles. The van der Waals surface area contributed by atoms with Gasteiger partial charge in [0.2, 0.25) is 0 Å². The number of hydrogen-bond donors (Lipinski definition) is 0. The Kier molecular flexibility index (Phi) is 5.36. The topological polar surface area (TPSA) is 65.1 Å². The third-order valence-corrected chi connectivity index (χ3v) is 5.38. The van der Waals surface area contributed by atoms with Crippen molar-refractivity contribution >= 4 is 11.9 Å². The van der Waals surface area contributed by atoms with Gasteiger partial charge in [-0.25, -0.2) is 4.79 Å². The van der Waals surface area contributed by atoms with Crippen LogP contribution in [0.4, 0.5) is 4.79 Å². The smallest absolute Gasteiger partial charge is 0.410 e. The lowest BCUT2D eigenvalue weighted by molar-refractivity contribution is 0.00251. The molecule has 2 heterocycles. The first kappa shape index (κ1) is 19.5. The maximum atomic E-state index is 13.1. The van der Waals surface area contributed by atoms with Crippen molar-refractivity contribution in [1.29, 1.82) is 0 Å². The Labute approximate surface area is 160 Å². The zero-order valence-corrected chi connectivity index (χ0v) is 16.8. The number of piperidine rings is 1. The zero-order chi connectivity index (χ0) is 19.8. The lowest BCUT2D eigenvalue weighted by atomic mass is 9.84. The van der Waals surface area contributed by atoms with Gasteiger partial charge >= 0.3 is 6.09 Å². The fraction of sp³-hybridized carbons (Fsp3) is 0.619. The van der Waals surface area contributed by atoms with Crippen molar-refractivity contribution < 1.29 is 23.8 Å². The molecule has 0 radical (unpaired) electrons. The number of rotatable bonds is 4. The first-order chi connectivity index (χ1) is 12.7. The molecule has 2 fully saturated rings. The van der Waals surface area contributed by atoms with E-state index in [0.717, 1.165) is 12.8 Å². The van der Waals surface area contributed by atoms with Gasteiger partial charge in [-0.2, -0.15) is 0 Å². The fourth-order valence-corrected chi connectivity index (χ4v) is 4.23. The summed E-state index contributed by atoms with van der Waals surface area (Å²) in [6, 6.07) is 5.41. The fourth-order valence-electron chi connectivity index (χ4n) is 4.23. The minimum Gasteiger partial charge on any atom is -0.497 e. The monoisotopic (exact) mass is 375 g/mol. The van der Waals surface area contributed by atoms with Crippen LogP contribution in [-0.4, -0.2) is 48.7 Å². The van der Waals surface area contributed by atoms with E-state index >= 15 is 0 Å². The molecular weight excluding hydrogens is 346 g/mol. The van der Waals surface area contributed by atoms with Gasteiger partial charge in [0.1, 0.15) is 17.1 Å². The lowest BCUT2D eigenvalue weighted by Crippen LogP contribution is -2.49. The number of methoxy groups -OCH3 is 2. The highest BCUT2D eigenvalue weighted by Crippen LogP contribution is 2.41. The van der Waals surface area contributed by atoms with Gasteiger partial charge in [0.25, 0.3) is 0 Å². The van der Waals surface area contributed by atoms with E-state index in [2.05, 4.69) is 0 Å². The van der Waals surface area contributed by atoms with Gasteiger partial charge in [0.15, 0.2) is 5.78 Å². The van der Waals surface area contributed by atoms with Crippen molar-refractivity contribution in [2.24, 2.45) is 5.92 Å². The number of hydrogen-bond acceptors (Lipinski definition) is 5. The first-order valence-corrected chi connectivity index (χ1v) is 9.51. The molecule has 0 N–H and O–H groups in total. The highest BCUT2D eigenvalue weighted by atomic mass is 16.6. The van der Waals surface area contributed by atoms with Gasteiger partial charge in [-0.1, -0.05) is 0 Å². The van der Waals surface area contributed by atoms with Crippen molar-refractivity contribution in [3.05, 3.63) is 23.8 Å². The van der Waals surface area contributed by atoms with Gasteiger partial charge < -0.3 is 19.1 Å². The SMILES string of the molecule is COc1ccc(C(=O)C2CC3CCC(C2)N3C(=O)OC(C)(C)C)c(OC)c1. The Bertz CT molecular complexity index is 710. The predicted octanol–water partition coefficient (Wildman–Crippen LogP) is 4.06. The van der Waals surface area contributed by atoms with Crippen LogP contribution >= 0.6 is 0 Å². The summed E-state index contributed by atoms with van der Waals surface area (Å²) in [5.74, 6) is 1.16. The van der Waals surface area contributed by atoms with E-state index < -0.39 is 5.60 Å². The summed E-state index contributed by atoms with van der Waals surface area (Å²) < 4.78 is 16.2. The van der Waals surface area contributed by atoms with Crippen LogP contribution in [0.2, 0.25) is 0 Å². The molecule has 2 bridgehead atoms. The highest BCUT2D eigenvalue weighted by Gasteiger charge is 2.46. The van der Waals surface area contributed by atoms with Crippen LogP contribution in [0, 0.1) is 5.92 Å². The molecule has 1 amide bonds. The molecule has 2 saturated heterocycles. The van der Waals surface area contributed by atoms with Crippen LogP contribution in [0.25, 0.3) is 0 Å². The number of ether oxygens (including phenoxy) is 3. The van der Waals surface area contributed by atoms with Crippen LogP contribution < -0.4 is 9.47 Å². The molecule has 2 unspecified atom stereocenters. The van der Waals surface area contributed by atoms with Crippen LogP contribution in [0.15, 0.2) is 18.2 Å². The normalized spacial score (nSPS) is 24.5. The third kappa shape index (κ3) is 4.04. The second-order valence-electron chi connectivity index (χ2n) is 8.37. The summed E-state index contributed by atoms with van der Waals surface area (Å²) >= 11 is 0. The van der Waals surface area contributed by atoms with Crippen molar-refractivity contribution in [2.45, 2.75) is 64.1 Å². The largest absolute Gasteiger partial charge is 0.497 e. The summed E-state index contributed by atoms with van der Waals surface area (Å²) in [5, 5.41) is 0. The molecule has 6 nitrogen and oxygen atoms in total. The molecule has 6 heteroatoms. The average Bonchev–Trinajstić information content (AvgIpc) is 2.89. The number of ketones is 1. The lowest BCUT2D eigenvalue weighted by Gasteiger charge is -2.39. The van der Waals surface area contributed by atoms with Crippen LogP contribution in [-0.2, 0) is 4.74 Å². The van der Waals surface area contributed by atoms with Crippen molar-refractivity contribution in [1.82, 2.24) is 4.90 Å². The molecule has 2 aliphatic heterocycles. The second kappa shape index (κ2) is 7.41. The number of carbonyl (C=O) groups is 2. The Morgan fingerprint density at radius 3 is 2.19 bits per heavy atom. The Balaban J connectivity index is 1.75. The predicted molar refractivity (Wildman–Crippen MR) is 101 cm³/mol. The molecule has 3 rings (SSSR count). The van der Waals surface area contributed by atoms with Gasteiger partial charge in [0, 0.05) is 24.1 Å². The summed E-state index contributed by atoms with van der Waals surface area (Å²) in [6.45, 7) is 5.62. The minimum atomic E-state index is -0.514. The van der Waals surface area contributed by atoms with Crippen LogP contribution in [0.1, 0.15) is 56.8 Å². The molecule has 2 aliphatic rings. The minimum absolute atomic E-state index is 0.0665. The van der Waals surface area contributed by atoms with Crippen LogP contribution in [0.3, 0.4) is 0 Å². The molecule has 1 aromatic rings. The van der Waals surface area contributed by atoms with Gasteiger partial charge in [-0.3, -0.25) is 4.79 Å². The first-order valence-electron chi connectivity index (χ1n) is 9.51. The van der Waals surface area contributed by atoms with E-state index in [1.807, 2.05) is 25.7 Å². The number of Topliss-reactive ketones (excluding diaryl/α,β-unsaturated/α-hetero) is 1. The molecule has 1 aromatic carbocycles. The van der Waals surface area contributed by atoms with Crippen LogP contribution in [0.5, 0.6) is 11.5 Å². The van der Waals surface area contributed by atoms with Gasteiger partial charge in [-0.15, -0.1) is 0 Å². The molecule has 27 heavy (non-hydrogen) atoms. The second-order valence-corrected chi connectivity index (χ2v) is 8.37. The average molecular weight is 375 g/mol. The van der Waals surface area contributed by atoms with E-state index in [4.69, 9.17) is 14.2 Å². The maximum absolute atomic E-state index is 13.1. The highest BCUT2D eigenvalue weighted by molar-refractivity contribution is 6.00. The number of amides is 1. The van der Waals surface area contributed by atoms with E-state index in [1.54, 1.807) is 32.4 Å². The van der Waals surface area contributed by atoms with E-state index in [0.29, 0.717) is 29.9 Å². The zero-order valence-electron chi connectivity index (χ0n) is 16.8. The number of fused-ring (bicyclic) bond motifs is 2. The summed E-state index contributed by atoms with van der Waals surface area (Å²) in [7, 11) is 3.14. The van der Waals surface area contributed by atoms with Gasteiger partial charge in [0.05, 0.1) is 19.8 Å². The summed E-state index contributed by atoms with van der Waals surface area (Å²) in [4.78, 5) is 27.6. The molecule has 148 valence electrons. The van der Waals surface area contributed by atoms with Crippen molar-refractivity contribution in [2.75, 3.05) is 14.2 Å².